The van der Waals surface area contributed by atoms with Crippen molar-refractivity contribution in [2.75, 3.05) is 13.1 Å². The first kappa shape index (κ1) is 14.0. The quantitative estimate of drug-likeness (QED) is 0.715. The molecule has 6 nitrogen and oxygen atoms in total. The summed E-state index contributed by atoms with van der Waals surface area (Å²) in [5.41, 5.74) is -0.808. The minimum absolute atomic E-state index is 0.00209. The van der Waals surface area contributed by atoms with Gasteiger partial charge in [0, 0.05) is 6.54 Å². The summed E-state index contributed by atoms with van der Waals surface area (Å²) in [4.78, 5) is 36.2. The van der Waals surface area contributed by atoms with Crippen LogP contribution in [0.25, 0.3) is 0 Å². The molecule has 0 aliphatic carbocycles. The van der Waals surface area contributed by atoms with E-state index in [1.807, 2.05) is 4.90 Å². The Morgan fingerprint density at radius 1 is 1.42 bits per heavy atom. The molecule has 2 unspecified atom stereocenters. The van der Waals surface area contributed by atoms with Gasteiger partial charge in [0.05, 0.1) is 17.9 Å². The number of amides is 2. The van der Waals surface area contributed by atoms with Gasteiger partial charge in [-0.3, -0.25) is 24.6 Å². The molecule has 0 bridgehead atoms. The van der Waals surface area contributed by atoms with Gasteiger partial charge >= 0.3 is 5.97 Å². The van der Waals surface area contributed by atoms with E-state index in [0.29, 0.717) is 6.54 Å². The van der Waals surface area contributed by atoms with Crippen LogP contribution in [-0.4, -0.2) is 46.9 Å². The second-order valence-corrected chi connectivity index (χ2v) is 5.99. The van der Waals surface area contributed by atoms with Crippen LogP contribution < -0.4 is 5.32 Å². The third-order valence-electron chi connectivity index (χ3n) is 4.41. The Labute approximate surface area is 112 Å². The molecule has 2 saturated heterocycles. The summed E-state index contributed by atoms with van der Waals surface area (Å²) in [5, 5.41) is 11.6. The predicted molar refractivity (Wildman–Crippen MR) is 67.3 cm³/mol. The highest BCUT2D eigenvalue weighted by molar-refractivity contribution is 6.05. The van der Waals surface area contributed by atoms with Crippen molar-refractivity contribution < 1.29 is 19.5 Å². The van der Waals surface area contributed by atoms with Gasteiger partial charge in [-0.2, -0.15) is 0 Å². The van der Waals surface area contributed by atoms with Gasteiger partial charge in [0.25, 0.3) is 0 Å². The summed E-state index contributed by atoms with van der Waals surface area (Å²) in [6.45, 7) is 4.76. The number of hydrogen-bond acceptors (Lipinski definition) is 4. The molecular weight excluding hydrogens is 248 g/mol. The lowest BCUT2D eigenvalue weighted by atomic mass is 9.74. The van der Waals surface area contributed by atoms with Gasteiger partial charge in [-0.25, -0.2) is 0 Å². The minimum atomic E-state index is -0.814. The average Bonchev–Trinajstić information content (AvgIpc) is 2.68. The van der Waals surface area contributed by atoms with Gasteiger partial charge in [-0.15, -0.1) is 0 Å². The summed E-state index contributed by atoms with van der Waals surface area (Å²) < 4.78 is 0. The molecule has 0 aromatic carbocycles. The van der Waals surface area contributed by atoms with Crippen molar-refractivity contribution in [2.24, 2.45) is 11.3 Å². The van der Waals surface area contributed by atoms with E-state index in [1.165, 1.54) is 0 Å². The lowest BCUT2D eigenvalue weighted by Gasteiger charge is -2.40. The van der Waals surface area contributed by atoms with Gasteiger partial charge in [0.2, 0.25) is 11.8 Å². The van der Waals surface area contributed by atoms with Crippen LogP contribution in [0.5, 0.6) is 0 Å². The van der Waals surface area contributed by atoms with Crippen molar-refractivity contribution in [2.45, 2.75) is 39.2 Å². The van der Waals surface area contributed by atoms with Crippen LogP contribution >= 0.6 is 0 Å². The maximum atomic E-state index is 11.7. The monoisotopic (exact) mass is 268 g/mol. The largest absolute Gasteiger partial charge is 0.481 e. The number of carboxylic acids is 1. The maximum absolute atomic E-state index is 11.7. The Morgan fingerprint density at radius 3 is 2.63 bits per heavy atom. The van der Waals surface area contributed by atoms with Crippen LogP contribution in [0.3, 0.4) is 0 Å². The smallest absolute Gasteiger partial charge is 0.309 e. The Bertz CT molecular complexity index is 419. The first-order valence-electron chi connectivity index (χ1n) is 6.63. The van der Waals surface area contributed by atoms with Crippen LogP contribution in [0, 0.1) is 11.3 Å². The standard InChI is InChI=1S/C13H20N2O4/c1-13(2,12(18)19)8-4-3-5-15(7-8)9-6-10(16)14-11(9)17/h8-9H,3-7H2,1-2H3,(H,18,19)(H,14,16,17). The molecule has 0 spiro atoms. The van der Waals surface area contributed by atoms with E-state index < -0.39 is 17.4 Å². The number of nitrogens with one attached hydrogen (secondary N) is 1. The first-order chi connectivity index (χ1) is 8.82. The van der Waals surface area contributed by atoms with E-state index in [2.05, 4.69) is 5.32 Å². The molecule has 0 aromatic heterocycles. The molecule has 2 N–H and O–H groups in total. The number of aliphatic carboxylic acids is 1. The molecule has 19 heavy (non-hydrogen) atoms. The zero-order valence-corrected chi connectivity index (χ0v) is 11.3. The van der Waals surface area contributed by atoms with E-state index in [9.17, 15) is 19.5 Å². The molecule has 2 rings (SSSR count). The SMILES string of the molecule is CC(C)(C(=O)O)C1CCCN(C2CC(=O)NC2=O)C1. The number of piperidine rings is 1. The molecule has 2 heterocycles. The van der Waals surface area contributed by atoms with Crippen molar-refractivity contribution in [3.05, 3.63) is 0 Å². The Hall–Kier alpha value is -1.43. The topological polar surface area (TPSA) is 86.7 Å². The summed E-state index contributed by atoms with van der Waals surface area (Å²) in [6, 6.07) is -0.417. The summed E-state index contributed by atoms with van der Waals surface area (Å²) in [6.07, 6.45) is 1.90. The van der Waals surface area contributed by atoms with Crippen LogP contribution in [0.4, 0.5) is 0 Å². The third-order valence-corrected chi connectivity index (χ3v) is 4.41. The zero-order chi connectivity index (χ0) is 14.2. The summed E-state index contributed by atoms with van der Waals surface area (Å²) in [7, 11) is 0. The number of rotatable bonds is 3. The Balaban J connectivity index is 2.07. The van der Waals surface area contributed by atoms with E-state index in [4.69, 9.17) is 0 Å². The van der Waals surface area contributed by atoms with E-state index >= 15 is 0 Å². The fourth-order valence-corrected chi connectivity index (χ4v) is 2.89. The number of carbonyl (C=O) groups excluding carboxylic acids is 2. The van der Waals surface area contributed by atoms with Gasteiger partial charge in [0.1, 0.15) is 0 Å². The van der Waals surface area contributed by atoms with E-state index in [1.54, 1.807) is 13.8 Å². The van der Waals surface area contributed by atoms with Crippen LogP contribution in [0.1, 0.15) is 33.1 Å². The van der Waals surface area contributed by atoms with Crippen molar-refractivity contribution >= 4 is 17.8 Å². The van der Waals surface area contributed by atoms with Crippen molar-refractivity contribution in [3.8, 4) is 0 Å². The second-order valence-electron chi connectivity index (χ2n) is 5.99. The molecule has 2 aliphatic heterocycles. The number of likely N-dealkylation sites (tertiary alicyclic amines) is 1. The number of nitrogens with zero attached hydrogens (tertiary/aromatic N) is 1. The fraction of sp³-hybridized carbons (Fsp3) is 0.769. The second kappa shape index (κ2) is 4.92. The van der Waals surface area contributed by atoms with E-state index in [-0.39, 0.29) is 24.2 Å². The Kier molecular flexibility index (Phi) is 3.62. The molecule has 106 valence electrons. The normalized spacial score (nSPS) is 29.4. The fourth-order valence-electron chi connectivity index (χ4n) is 2.89. The van der Waals surface area contributed by atoms with Crippen molar-refractivity contribution in [3.63, 3.8) is 0 Å². The van der Waals surface area contributed by atoms with Crippen LogP contribution in [0.2, 0.25) is 0 Å². The maximum Gasteiger partial charge on any atom is 0.309 e. The Morgan fingerprint density at radius 2 is 2.11 bits per heavy atom. The third kappa shape index (κ3) is 2.63. The van der Waals surface area contributed by atoms with Crippen LogP contribution in [0.15, 0.2) is 0 Å². The number of carboxylic acid groups (broad SMARTS) is 1. The zero-order valence-electron chi connectivity index (χ0n) is 11.3. The summed E-state index contributed by atoms with van der Waals surface area (Å²) >= 11 is 0. The highest BCUT2D eigenvalue weighted by Crippen LogP contribution is 2.35. The van der Waals surface area contributed by atoms with Crippen molar-refractivity contribution in [1.82, 2.24) is 10.2 Å². The molecule has 6 heteroatoms. The van der Waals surface area contributed by atoms with Gasteiger partial charge in [-0.1, -0.05) is 0 Å². The molecule has 2 amide bonds. The molecule has 2 fully saturated rings. The van der Waals surface area contributed by atoms with E-state index in [0.717, 1.165) is 19.4 Å². The highest BCUT2D eigenvalue weighted by Gasteiger charge is 2.43. The van der Waals surface area contributed by atoms with Gasteiger partial charge < -0.3 is 5.11 Å². The first-order valence-corrected chi connectivity index (χ1v) is 6.63. The predicted octanol–water partition coefficient (Wildman–Crippen LogP) is 0.224. The molecule has 0 aromatic rings. The van der Waals surface area contributed by atoms with Gasteiger partial charge in [-0.05, 0) is 39.2 Å². The lowest BCUT2D eigenvalue weighted by Crippen LogP contribution is -2.50. The minimum Gasteiger partial charge on any atom is -0.481 e. The highest BCUT2D eigenvalue weighted by atomic mass is 16.4. The molecule has 2 aliphatic rings. The van der Waals surface area contributed by atoms with Crippen molar-refractivity contribution in [1.29, 1.82) is 0 Å². The molecule has 0 radical (unpaired) electrons. The number of hydrogen-bond donors (Lipinski definition) is 2. The lowest BCUT2D eigenvalue weighted by molar-refractivity contribution is -0.151. The number of imide groups is 1. The van der Waals surface area contributed by atoms with Crippen LogP contribution in [-0.2, 0) is 14.4 Å². The molecular formula is C13H20N2O4. The molecule has 2 atom stereocenters. The van der Waals surface area contributed by atoms with Gasteiger partial charge in [0.15, 0.2) is 0 Å². The average molecular weight is 268 g/mol. The molecule has 0 saturated carbocycles. The summed E-state index contributed by atoms with van der Waals surface area (Å²) in [5.74, 6) is -1.30. The number of carbonyl (C=O) groups is 3.